The van der Waals surface area contributed by atoms with Gasteiger partial charge in [0.2, 0.25) is 5.91 Å². The number of hydrogen-bond donors (Lipinski definition) is 0. The van der Waals surface area contributed by atoms with Gasteiger partial charge in [-0.15, -0.1) is 5.10 Å². The van der Waals surface area contributed by atoms with Crippen LogP contribution in [0.15, 0.2) is 10.8 Å². The molecule has 27 heavy (non-hydrogen) atoms. The minimum Gasteiger partial charge on any atom is -0.340 e. The van der Waals surface area contributed by atoms with Crippen molar-refractivity contribution in [3.05, 3.63) is 23.3 Å². The summed E-state index contributed by atoms with van der Waals surface area (Å²) < 4.78 is 6.37. The van der Waals surface area contributed by atoms with Crippen molar-refractivity contribution in [1.29, 1.82) is 0 Å². The van der Waals surface area contributed by atoms with Gasteiger partial charge in [-0.3, -0.25) is 9.59 Å². The van der Waals surface area contributed by atoms with Gasteiger partial charge in [0.1, 0.15) is 11.4 Å². The molecule has 1 atom stereocenters. The second-order valence-electron chi connectivity index (χ2n) is 6.67. The third-order valence-corrected chi connectivity index (χ3v) is 4.97. The van der Waals surface area contributed by atoms with E-state index in [1.165, 1.54) is 0 Å². The highest BCUT2D eigenvalue weighted by molar-refractivity contribution is 5.91. The van der Waals surface area contributed by atoms with Gasteiger partial charge in [0.25, 0.3) is 5.91 Å². The number of likely N-dealkylation sites (tertiary alicyclic amines) is 1. The van der Waals surface area contributed by atoms with Crippen LogP contribution in [0.3, 0.4) is 0 Å². The SMILES string of the molecule is CCN(CC)C(=O)c1cn(C2CCCN(C(=O)Cc3nonc3C)C2)nn1. The lowest BCUT2D eigenvalue weighted by atomic mass is 10.1. The second kappa shape index (κ2) is 8.28. The van der Waals surface area contributed by atoms with Crippen molar-refractivity contribution in [3.8, 4) is 0 Å². The molecule has 0 saturated carbocycles. The number of aromatic nitrogens is 5. The van der Waals surface area contributed by atoms with E-state index in [4.69, 9.17) is 0 Å². The van der Waals surface area contributed by atoms with Crippen LogP contribution in [-0.4, -0.2) is 73.1 Å². The van der Waals surface area contributed by atoms with Crippen molar-refractivity contribution >= 4 is 11.8 Å². The topological polar surface area (TPSA) is 110 Å². The maximum absolute atomic E-state index is 12.6. The third-order valence-electron chi connectivity index (χ3n) is 4.97. The Kier molecular flexibility index (Phi) is 5.82. The molecular weight excluding hydrogens is 350 g/mol. The zero-order valence-corrected chi connectivity index (χ0v) is 16.0. The van der Waals surface area contributed by atoms with Crippen LogP contribution < -0.4 is 0 Å². The third kappa shape index (κ3) is 4.15. The minimum atomic E-state index is -0.121. The van der Waals surface area contributed by atoms with Crippen molar-refractivity contribution in [1.82, 2.24) is 35.1 Å². The average molecular weight is 375 g/mol. The number of aryl methyl sites for hydroxylation is 1. The number of carbonyl (C=O) groups excluding carboxylic acids is 2. The molecule has 0 N–H and O–H groups in total. The Bertz CT molecular complexity index is 796. The van der Waals surface area contributed by atoms with E-state index in [9.17, 15) is 9.59 Å². The van der Waals surface area contributed by atoms with E-state index in [0.29, 0.717) is 43.3 Å². The summed E-state index contributed by atoms with van der Waals surface area (Å²) >= 11 is 0. The Labute approximate surface area is 157 Å². The summed E-state index contributed by atoms with van der Waals surface area (Å²) in [5.74, 6) is -0.137. The molecule has 1 fully saturated rings. The maximum Gasteiger partial charge on any atom is 0.276 e. The number of rotatable bonds is 6. The molecule has 2 aromatic rings. The predicted octanol–water partition coefficient (Wildman–Crippen LogP) is 0.858. The number of hydrogen-bond acceptors (Lipinski definition) is 7. The summed E-state index contributed by atoms with van der Waals surface area (Å²) in [5.41, 5.74) is 1.54. The van der Waals surface area contributed by atoms with Crippen LogP contribution >= 0.6 is 0 Å². The highest BCUT2D eigenvalue weighted by Gasteiger charge is 2.27. The fourth-order valence-corrected chi connectivity index (χ4v) is 3.29. The first-order valence-corrected chi connectivity index (χ1v) is 9.30. The first-order chi connectivity index (χ1) is 13.0. The van der Waals surface area contributed by atoms with Gasteiger partial charge in [-0.05, 0) is 33.6 Å². The van der Waals surface area contributed by atoms with Crippen LogP contribution in [0.5, 0.6) is 0 Å². The van der Waals surface area contributed by atoms with Gasteiger partial charge >= 0.3 is 0 Å². The molecule has 3 heterocycles. The lowest BCUT2D eigenvalue weighted by molar-refractivity contribution is -0.132. The Morgan fingerprint density at radius 2 is 2.07 bits per heavy atom. The summed E-state index contributed by atoms with van der Waals surface area (Å²) in [6.45, 7) is 8.12. The number of carbonyl (C=O) groups is 2. The Hall–Kier alpha value is -2.78. The van der Waals surface area contributed by atoms with E-state index in [2.05, 4.69) is 25.3 Å². The summed E-state index contributed by atoms with van der Waals surface area (Å²) in [6, 6.07) is 0.00461. The highest BCUT2D eigenvalue weighted by Crippen LogP contribution is 2.22. The molecule has 3 rings (SSSR count). The van der Waals surface area contributed by atoms with Crippen molar-refractivity contribution in [2.24, 2.45) is 0 Å². The maximum atomic E-state index is 12.6. The Morgan fingerprint density at radius 1 is 1.30 bits per heavy atom. The molecule has 146 valence electrons. The van der Waals surface area contributed by atoms with Crippen molar-refractivity contribution in [2.45, 2.75) is 46.1 Å². The lowest BCUT2D eigenvalue weighted by Gasteiger charge is -2.32. The lowest BCUT2D eigenvalue weighted by Crippen LogP contribution is -2.41. The number of piperidine rings is 1. The van der Waals surface area contributed by atoms with Gasteiger partial charge in [0.15, 0.2) is 5.69 Å². The molecular formula is C17H25N7O3. The van der Waals surface area contributed by atoms with E-state index in [-0.39, 0.29) is 24.3 Å². The first-order valence-electron chi connectivity index (χ1n) is 9.30. The molecule has 10 nitrogen and oxygen atoms in total. The normalized spacial score (nSPS) is 17.1. The molecule has 0 spiro atoms. The largest absolute Gasteiger partial charge is 0.340 e. The highest BCUT2D eigenvalue weighted by atomic mass is 16.6. The molecule has 0 radical (unpaired) electrons. The Morgan fingerprint density at radius 3 is 2.74 bits per heavy atom. The quantitative estimate of drug-likeness (QED) is 0.736. The minimum absolute atomic E-state index is 0.00461. The average Bonchev–Trinajstić information content (AvgIpc) is 3.32. The molecule has 10 heteroatoms. The fraction of sp³-hybridized carbons (Fsp3) is 0.647. The van der Waals surface area contributed by atoms with Crippen LogP contribution in [-0.2, 0) is 11.2 Å². The van der Waals surface area contributed by atoms with E-state index < -0.39 is 0 Å². The fourth-order valence-electron chi connectivity index (χ4n) is 3.29. The molecule has 0 aromatic carbocycles. The van der Waals surface area contributed by atoms with Crippen LogP contribution in [0.25, 0.3) is 0 Å². The van der Waals surface area contributed by atoms with Crippen LogP contribution in [0, 0.1) is 6.92 Å². The molecule has 1 aliphatic rings. The van der Waals surface area contributed by atoms with Crippen molar-refractivity contribution < 1.29 is 14.2 Å². The van der Waals surface area contributed by atoms with E-state index >= 15 is 0 Å². The van der Waals surface area contributed by atoms with Crippen LogP contribution in [0.2, 0.25) is 0 Å². The van der Waals surface area contributed by atoms with E-state index in [1.54, 1.807) is 27.6 Å². The standard InChI is InChI=1S/C17H25N7O3/c1-4-22(5-2)17(26)15-11-24(21-18-15)13-7-6-8-23(10-13)16(25)9-14-12(3)19-27-20-14/h11,13H,4-10H2,1-3H3. The summed E-state index contributed by atoms with van der Waals surface area (Å²) in [7, 11) is 0. The Balaban J connectivity index is 1.65. The zero-order valence-electron chi connectivity index (χ0n) is 16.0. The molecule has 0 aliphatic carbocycles. The monoisotopic (exact) mass is 375 g/mol. The van der Waals surface area contributed by atoms with E-state index in [0.717, 1.165) is 12.8 Å². The smallest absolute Gasteiger partial charge is 0.276 e. The molecule has 2 amide bonds. The van der Waals surface area contributed by atoms with E-state index in [1.807, 2.05) is 13.8 Å². The van der Waals surface area contributed by atoms with Crippen molar-refractivity contribution in [3.63, 3.8) is 0 Å². The molecule has 2 aromatic heterocycles. The van der Waals surface area contributed by atoms with Gasteiger partial charge in [-0.2, -0.15) is 0 Å². The van der Waals surface area contributed by atoms with Gasteiger partial charge in [-0.25, -0.2) is 9.31 Å². The van der Waals surface area contributed by atoms with Gasteiger partial charge in [-0.1, -0.05) is 15.5 Å². The second-order valence-corrected chi connectivity index (χ2v) is 6.67. The van der Waals surface area contributed by atoms with Crippen LogP contribution in [0.1, 0.15) is 54.6 Å². The van der Waals surface area contributed by atoms with Gasteiger partial charge < -0.3 is 9.80 Å². The van der Waals surface area contributed by atoms with Gasteiger partial charge in [0, 0.05) is 26.2 Å². The molecule has 1 aliphatic heterocycles. The number of amides is 2. The van der Waals surface area contributed by atoms with Crippen LogP contribution in [0.4, 0.5) is 0 Å². The molecule has 1 saturated heterocycles. The zero-order chi connectivity index (χ0) is 19.4. The van der Waals surface area contributed by atoms with Gasteiger partial charge in [0.05, 0.1) is 18.7 Å². The molecule has 0 bridgehead atoms. The molecule has 1 unspecified atom stereocenters. The van der Waals surface area contributed by atoms with Crippen molar-refractivity contribution in [2.75, 3.05) is 26.2 Å². The summed E-state index contributed by atoms with van der Waals surface area (Å²) in [4.78, 5) is 28.5. The first kappa shape index (κ1) is 19.0. The number of nitrogens with zero attached hydrogens (tertiary/aromatic N) is 7. The summed E-state index contributed by atoms with van der Waals surface area (Å²) in [5, 5.41) is 15.7. The predicted molar refractivity (Wildman–Crippen MR) is 94.9 cm³/mol. The summed E-state index contributed by atoms with van der Waals surface area (Å²) in [6.07, 6.45) is 3.61.